The maximum atomic E-state index is 5.96. The Hall–Kier alpha value is -0.770. The Balaban J connectivity index is 2.43. The van der Waals surface area contributed by atoms with E-state index in [1.807, 2.05) is 25.1 Å². The van der Waals surface area contributed by atoms with E-state index < -0.39 is 0 Å². The molecule has 3 nitrogen and oxygen atoms in total. The Labute approximate surface area is 102 Å². The monoisotopic (exact) mass is 242 g/mol. The summed E-state index contributed by atoms with van der Waals surface area (Å²) in [4.78, 5) is 2.19. The lowest BCUT2D eigenvalue weighted by Crippen LogP contribution is -2.22. The molecule has 0 fully saturated rings. The predicted octanol–water partition coefficient (Wildman–Crippen LogP) is 2.39. The summed E-state index contributed by atoms with van der Waals surface area (Å²) in [7, 11) is 2.06. The van der Waals surface area contributed by atoms with Gasteiger partial charge in [0.1, 0.15) is 0 Å². The van der Waals surface area contributed by atoms with Crippen LogP contribution in [-0.4, -0.2) is 31.7 Å². The van der Waals surface area contributed by atoms with Crippen LogP contribution in [0.2, 0.25) is 5.02 Å². The molecule has 0 radical (unpaired) electrons. The molecule has 0 amide bonds. The highest BCUT2D eigenvalue weighted by Gasteiger charge is 2.02. The van der Waals surface area contributed by atoms with E-state index in [4.69, 9.17) is 22.1 Å². The van der Waals surface area contributed by atoms with Crippen LogP contribution in [0.3, 0.4) is 0 Å². The lowest BCUT2D eigenvalue weighted by Gasteiger charge is -2.16. The Kier molecular flexibility index (Phi) is 5.60. The van der Waals surface area contributed by atoms with Crippen LogP contribution in [-0.2, 0) is 11.3 Å². The molecule has 0 aliphatic heterocycles. The first-order valence-electron chi connectivity index (χ1n) is 5.43. The Morgan fingerprint density at radius 1 is 1.44 bits per heavy atom. The van der Waals surface area contributed by atoms with Crippen molar-refractivity contribution in [1.29, 1.82) is 0 Å². The molecule has 0 aliphatic carbocycles. The van der Waals surface area contributed by atoms with Gasteiger partial charge in [0.25, 0.3) is 0 Å². The molecule has 16 heavy (non-hydrogen) atoms. The second-order valence-corrected chi connectivity index (χ2v) is 4.20. The highest BCUT2D eigenvalue weighted by Crippen LogP contribution is 2.20. The van der Waals surface area contributed by atoms with Crippen molar-refractivity contribution >= 4 is 17.3 Å². The van der Waals surface area contributed by atoms with Crippen LogP contribution in [0.4, 0.5) is 5.69 Å². The van der Waals surface area contributed by atoms with Crippen molar-refractivity contribution in [1.82, 2.24) is 4.90 Å². The van der Waals surface area contributed by atoms with Gasteiger partial charge in [-0.1, -0.05) is 17.7 Å². The first-order valence-corrected chi connectivity index (χ1v) is 5.81. The molecular formula is C12H19ClN2O. The van der Waals surface area contributed by atoms with Crippen LogP contribution >= 0.6 is 11.6 Å². The minimum atomic E-state index is 0.621. The van der Waals surface area contributed by atoms with Crippen molar-refractivity contribution in [2.24, 2.45) is 0 Å². The van der Waals surface area contributed by atoms with Gasteiger partial charge in [0.05, 0.1) is 17.3 Å². The molecule has 0 aromatic heterocycles. The highest BCUT2D eigenvalue weighted by molar-refractivity contribution is 6.33. The van der Waals surface area contributed by atoms with Crippen LogP contribution in [0, 0.1) is 0 Å². The smallest absolute Gasteiger partial charge is 0.0638 e. The molecule has 4 heteroatoms. The zero-order chi connectivity index (χ0) is 12.0. The summed E-state index contributed by atoms with van der Waals surface area (Å²) in [6, 6.07) is 5.75. The van der Waals surface area contributed by atoms with Crippen molar-refractivity contribution < 1.29 is 4.74 Å². The van der Waals surface area contributed by atoms with Crippen LogP contribution in [0.5, 0.6) is 0 Å². The summed E-state index contributed by atoms with van der Waals surface area (Å²) in [5, 5.41) is 0.621. The van der Waals surface area contributed by atoms with Crippen molar-refractivity contribution in [2.75, 3.05) is 32.5 Å². The highest BCUT2D eigenvalue weighted by atomic mass is 35.5. The van der Waals surface area contributed by atoms with E-state index in [0.29, 0.717) is 10.7 Å². The van der Waals surface area contributed by atoms with Crippen molar-refractivity contribution in [2.45, 2.75) is 13.5 Å². The third-order valence-electron chi connectivity index (χ3n) is 2.34. The average Bonchev–Trinajstić information content (AvgIpc) is 2.24. The SMILES string of the molecule is CCOCCN(C)Cc1ccc(N)c(Cl)c1. The molecule has 1 aromatic carbocycles. The molecule has 0 heterocycles. The van der Waals surface area contributed by atoms with Gasteiger partial charge in [0.2, 0.25) is 0 Å². The molecule has 0 bridgehead atoms. The second kappa shape index (κ2) is 6.74. The van der Waals surface area contributed by atoms with Gasteiger partial charge in [-0.3, -0.25) is 4.90 Å². The van der Waals surface area contributed by atoms with Crippen molar-refractivity contribution in [3.8, 4) is 0 Å². The van der Waals surface area contributed by atoms with Crippen molar-refractivity contribution in [3.63, 3.8) is 0 Å². The Morgan fingerprint density at radius 2 is 2.19 bits per heavy atom. The average molecular weight is 243 g/mol. The number of anilines is 1. The lowest BCUT2D eigenvalue weighted by molar-refractivity contribution is 0.120. The Morgan fingerprint density at radius 3 is 2.81 bits per heavy atom. The lowest BCUT2D eigenvalue weighted by atomic mass is 10.2. The maximum Gasteiger partial charge on any atom is 0.0638 e. The number of benzene rings is 1. The maximum absolute atomic E-state index is 5.96. The van der Waals surface area contributed by atoms with E-state index in [2.05, 4.69) is 11.9 Å². The molecule has 1 rings (SSSR count). The second-order valence-electron chi connectivity index (χ2n) is 3.79. The molecule has 0 atom stereocenters. The third kappa shape index (κ3) is 4.39. The Bertz CT molecular complexity index is 331. The molecule has 0 saturated carbocycles. The fourth-order valence-electron chi connectivity index (χ4n) is 1.42. The quantitative estimate of drug-likeness (QED) is 0.615. The number of ether oxygens (including phenoxy) is 1. The van der Waals surface area contributed by atoms with Gasteiger partial charge < -0.3 is 10.5 Å². The summed E-state index contributed by atoms with van der Waals surface area (Å²) in [5.74, 6) is 0. The molecule has 0 aliphatic rings. The topological polar surface area (TPSA) is 38.5 Å². The third-order valence-corrected chi connectivity index (χ3v) is 2.67. The van der Waals surface area contributed by atoms with E-state index in [1.54, 1.807) is 0 Å². The number of nitrogens with two attached hydrogens (primary N) is 1. The number of likely N-dealkylation sites (N-methyl/N-ethyl adjacent to an activating group) is 1. The van der Waals surface area contributed by atoms with Crippen molar-refractivity contribution in [3.05, 3.63) is 28.8 Å². The standard InChI is InChI=1S/C12H19ClN2O/c1-3-16-7-6-15(2)9-10-4-5-12(14)11(13)8-10/h4-5,8H,3,6-7,9,14H2,1-2H3. The molecule has 1 aromatic rings. The number of hydrogen-bond acceptors (Lipinski definition) is 3. The zero-order valence-electron chi connectivity index (χ0n) is 9.87. The van der Waals surface area contributed by atoms with Crippen LogP contribution in [0.15, 0.2) is 18.2 Å². The van der Waals surface area contributed by atoms with Gasteiger partial charge >= 0.3 is 0 Å². The summed E-state index contributed by atoms with van der Waals surface area (Å²) in [6.45, 7) is 5.29. The van der Waals surface area contributed by atoms with Gasteiger partial charge in [-0.15, -0.1) is 0 Å². The molecule has 0 saturated heterocycles. The summed E-state index contributed by atoms with van der Waals surface area (Å²) in [6.07, 6.45) is 0. The van der Waals surface area contributed by atoms with E-state index in [0.717, 1.165) is 31.9 Å². The predicted molar refractivity (Wildman–Crippen MR) is 68.7 cm³/mol. The first-order chi connectivity index (χ1) is 7.63. The number of nitrogens with zero attached hydrogens (tertiary/aromatic N) is 1. The fraction of sp³-hybridized carbons (Fsp3) is 0.500. The van der Waals surface area contributed by atoms with E-state index >= 15 is 0 Å². The van der Waals surface area contributed by atoms with Gasteiger partial charge in [-0.05, 0) is 31.7 Å². The van der Waals surface area contributed by atoms with Crippen LogP contribution < -0.4 is 5.73 Å². The molecule has 0 spiro atoms. The number of hydrogen-bond donors (Lipinski definition) is 1. The minimum absolute atomic E-state index is 0.621. The van der Waals surface area contributed by atoms with Gasteiger partial charge in [0.15, 0.2) is 0 Å². The van der Waals surface area contributed by atoms with Crippen LogP contribution in [0.25, 0.3) is 0 Å². The van der Waals surface area contributed by atoms with E-state index in [9.17, 15) is 0 Å². The van der Waals surface area contributed by atoms with E-state index in [1.165, 1.54) is 0 Å². The minimum Gasteiger partial charge on any atom is -0.398 e. The molecular weight excluding hydrogens is 224 g/mol. The normalized spacial score (nSPS) is 11.0. The van der Waals surface area contributed by atoms with Gasteiger partial charge in [0, 0.05) is 19.7 Å². The largest absolute Gasteiger partial charge is 0.398 e. The summed E-state index contributed by atoms with van der Waals surface area (Å²) >= 11 is 5.96. The first kappa shape index (κ1) is 13.3. The van der Waals surface area contributed by atoms with Gasteiger partial charge in [-0.2, -0.15) is 0 Å². The fourth-order valence-corrected chi connectivity index (χ4v) is 1.63. The molecule has 2 N–H and O–H groups in total. The number of rotatable bonds is 6. The number of nitrogen functional groups attached to an aromatic ring is 1. The van der Waals surface area contributed by atoms with Gasteiger partial charge in [-0.25, -0.2) is 0 Å². The summed E-state index contributed by atoms with van der Waals surface area (Å²) in [5.41, 5.74) is 7.44. The number of halogens is 1. The van der Waals surface area contributed by atoms with Crippen LogP contribution in [0.1, 0.15) is 12.5 Å². The molecule has 90 valence electrons. The molecule has 0 unspecified atom stereocenters. The van der Waals surface area contributed by atoms with E-state index in [-0.39, 0.29) is 0 Å². The summed E-state index contributed by atoms with van der Waals surface area (Å²) < 4.78 is 5.30. The zero-order valence-corrected chi connectivity index (χ0v) is 10.6.